The van der Waals surface area contributed by atoms with Gasteiger partial charge in [-0.3, -0.25) is 4.79 Å². The van der Waals surface area contributed by atoms with E-state index >= 15 is 0 Å². The number of halogens is 5. The Hall–Kier alpha value is -1.09. The molecule has 0 bridgehead atoms. The van der Waals surface area contributed by atoms with Gasteiger partial charge in [0.15, 0.2) is 5.11 Å². The highest BCUT2D eigenvalue weighted by Gasteiger charge is 2.34. The maximum absolute atomic E-state index is 12.8. The Morgan fingerprint density at radius 2 is 1.66 bits per heavy atom. The SMILES string of the molecule is Cc1cc(Br)c(NC(=S)N[C@H](NC(=O)Cc2cccc3ccccc23)C(Cl)(Cl)Cl)c(Br)c1. The molecular weight excluding hydrogens is 620 g/mol. The van der Waals surface area contributed by atoms with E-state index in [2.05, 4.69) is 47.8 Å². The zero-order valence-corrected chi connectivity index (χ0v) is 22.9. The van der Waals surface area contributed by atoms with Crippen LogP contribution in [0.3, 0.4) is 0 Å². The summed E-state index contributed by atoms with van der Waals surface area (Å²) < 4.78 is -0.236. The second-order valence-corrected chi connectivity index (χ2v) is 11.5. The minimum absolute atomic E-state index is 0.121. The number of hydrogen-bond acceptors (Lipinski definition) is 2. The standard InChI is InChI=1S/C22H18Br2Cl3N3OS/c1-12-9-16(23)19(17(24)10-12)29-21(32)30-20(22(25,26)27)28-18(31)11-14-7-4-6-13-5-2-3-8-15(13)14/h2-10,20H,11H2,1H3,(H,28,31)(H2,29,30,32)/t20-/m0/s1. The lowest BCUT2D eigenvalue weighted by Crippen LogP contribution is -2.56. The molecule has 3 aromatic carbocycles. The van der Waals surface area contributed by atoms with Gasteiger partial charge in [0.05, 0.1) is 12.1 Å². The third-order valence-corrected chi connectivity index (χ3v) is 6.69. The Morgan fingerprint density at radius 3 is 2.31 bits per heavy atom. The molecule has 3 N–H and O–H groups in total. The van der Waals surface area contributed by atoms with Gasteiger partial charge in [-0.2, -0.15) is 0 Å². The molecule has 0 saturated carbocycles. The largest absolute Gasteiger partial charge is 0.339 e. The number of carbonyl (C=O) groups excluding carboxylic acids is 1. The van der Waals surface area contributed by atoms with Crippen molar-refractivity contribution in [1.29, 1.82) is 0 Å². The maximum Gasteiger partial charge on any atom is 0.228 e. The van der Waals surface area contributed by atoms with E-state index < -0.39 is 9.96 Å². The van der Waals surface area contributed by atoms with Gasteiger partial charge in [0.2, 0.25) is 9.70 Å². The molecule has 1 amide bonds. The first-order valence-corrected chi connectivity index (χ1v) is 12.5. The molecule has 0 saturated heterocycles. The van der Waals surface area contributed by atoms with Crippen molar-refractivity contribution in [3.8, 4) is 0 Å². The first-order valence-electron chi connectivity index (χ1n) is 9.40. The highest BCUT2D eigenvalue weighted by atomic mass is 79.9. The van der Waals surface area contributed by atoms with Crippen LogP contribution in [0, 0.1) is 6.92 Å². The van der Waals surface area contributed by atoms with Gasteiger partial charge in [0.1, 0.15) is 6.17 Å². The van der Waals surface area contributed by atoms with E-state index in [1.54, 1.807) is 0 Å². The highest BCUT2D eigenvalue weighted by molar-refractivity contribution is 9.11. The summed E-state index contributed by atoms with van der Waals surface area (Å²) in [7, 11) is 0. The van der Waals surface area contributed by atoms with E-state index in [0.29, 0.717) is 5.69 Å². The van der Waals surface area contributed by atoms with E-state index in [0.717, 1.165) is 30.8 Å². The number of carbonyl (C=O) groups is 1. The van der Waals surface area contributed by atoms with Crippen LogP contribution in [0.5, 0.6) is 0 Å². The lowest BCUT2D eigenvalue weighted by atomic mass is 10.0. The average molecular weight is 639 g/mol. The van der Waals surface area contributed by atoms with Gasteiger partial charge in [-0.1, -0.05) is 77.3 Å². The molecule has 32 heavy (non-hydrogen) atoms. The van der Waals surface area contributed by atoms with Crippen molar-refractivity contribution in [2.45, 2.75) is 23.3 Å². The number of nitrogens with one attached hydrogen (secondary N) is 3. The summed E-state index contributed by atoms with van der Waals surface area (Å²) >= 11 is 30.7. The van der Waals surface area contributed by atoms with E-state index in [1.165, 1.54) is 0 Å². The Morgan fingerprint density at radius 1 is 1.03 bits per heavy atom. The van der Waals surface area contributed by atoms with E-state index in [1.807, 2.05) is 61.5 Å². The molecule has 0 radical (unpaired) electrons. The molecule has 0 unspecified atom stereocenters. The zero-order chi connectivity index (χ0) is 23.5. The third kappa shape index (κ3) is 6.72. The normalized spacial score (nSPS) is 12.3. The number of hydrogen-bond donors (Lipinski definition) is 3. The van der Waals surface area contributed by atoms with Crippen molar-refractivity contribution in [2.24, 2.45) is 0 Å². The molecule has 4 nitrogen and oxygen atoms in total. The summed E-state index contributed by atoms with van der Waals surface area (Å²) in [6.45, 7) is 1.97. The second kappa shape index (κ2) is 10.9. The predicted octanol–water partition coefficient (Wildman–Crippen LogP) is 7.01. The van der Waals surface area contributed by atoms with Crippen molar-refractivity contribution >= 4 is 106 Å². The number of rotatable bonds is 5. The van der Waals surface area contributed by atoms with Crippen molar-refractivity contribution < 1.29 is 4.79 Å². The summed E-state index contributed by atoms with van der Waals surface area (Å²) in [6, 6.07) is 17.5. The summed E-state index contributed by atoms with van der Waals surface area (Å²) in [4.78, 5) is 12.8. The number of benzene rings is 3. The monoisotopic (exact) mass is 635 g/mol. The molecule has 0 aliphatic carbocycles. The number of thiocarbonyl (C=S) groups is 1. The van der Waals surface area contributed by atoms with Crippen LogP contribution in [0.15, 0.2) is 63.5 Å². The highest BCUT2D eigenvalue weighted by Crippen LogP contribution is 2.33. The number of alkyl halides is 3. The first kappa shape index (κ1) is 25.5. The molecule has 0 heterocycles. The molecule has 3 rings (SSSR count). The lowest BCUT2D eigenvalue weighted by molar-refractivity contribution is -0.121. The maximum atomic E-state index is 12.8. The first-order chi connectivity index (χ1) is 15.0. The van der Waals surface area contributed by atoms with Crippen LogP contribution in [0.25, 0.3) is 10.8 Å². The Kier molecular flexibility index (Phi) is 8.69. The Balaban J connectivity index is 1.71. The quantitative estimate of drug-likeness (QED) is 0.160. The molecule has 1 atom stereocenters. The van der Waals surface area contributed by atoms with Crippen LogP contribution in [-0.2, 0) is 11.2 Å². The van der Waals surface area contributed by atoms with Crippen LogP contribution < -0.4 is 16.0 Å². The van der Waals surface area contributed by atoms with Gasteiger partial charge < -0.3 is 16.0 Å². The lowest BCUT2D eigenvalue weighted by Gasteiger charge is -2.28. The van der Waals surface area contributed by atoms with Gasteiger partial charge in [-0.15, -0.1) is 0 Å². The van der Waals surface area contributed by atoms with Gasteiger partial charge in [0, 0.05) is 8.95 Å². The fourth-order valence-corrected chi connectivity index (χ4v) is 5.29. The number of fused-ring (bicyclic) bond motifs is 1. The van der Waals surface area contributed by atoms with Crippen LogP contribution in [0.2, 0.25) is 0 Å². The smallest absolute Gasteiger partial charge is 0.228 e. The third-order valence-electron chi connectivity index (χ3n) is 4.56. The molecule has 168 valence electrons. The number of aryl methyl sites for hydroxylation is 1. The van der Waals surface area contributed by atoms with Crippen molar-refractivity contribution in [2.75, 3.05) is 5.32 Å². The van der Waals surface area contributed by atoms with E-state index in [9.17, 15) is 4.79 Å². The Labute approximate surface area is 223 Å². The predicted molar refractivity (Wildman–Crippen MR) is 146 cm³/mol. The Bertz CT molecular complexity index is 1140. The van der Waals surface area contributed by atoms with Crippen LogP contribution in [0.4, 0.5) is 5.69 Å². The molecule has 10 heteroatoms. The average Bonchev–Trinajstić information content (AvgIpc) is 2.70. The van der Waals surface area contributed by atoms with Crippen molar-refractivity contribution in [3.63, 3.8) is 0 Å². The van der Waals surface area contributed by atoms with Crippen molar-refractivity contribution in [3.05, 3.63) is 74.7 Å². The number of anilines is 1. The minimum Gasteiger partial charge on any atom is -0.339 e. The fraction of sp³-hybridized carbons (Fsp3) is 0.182. The molecule has 0 aromatic heterocycles. The van der Waals surface area contributed by atoms with Crippen molar-refractivity contribution in [1.82, 2.24) is 10.6 Å². The van der Waals surface area contributed by atoms with Crippen LogP contribution >= 0.6 is 78.9 Å². The van der Waals surface area contributed by atoms with Gasteiger partial charge >= 0.3 is 0 Å². The molecule has 3 aromatic rings. The fourth-order valence-electron chi connectivity index (χ4n) is 3.13. The summed E-state index contributed by atoms with van der Waals surface area (Å²) in [6.07, 6.45) is -0.937. The summed E-state index contributed by atoms with van der Waals surface area (Å²) in [5.41, 5.74) is 2.64. The zero-order valence-electron chi connectivity index (χ0n) is 16.7. The van der Waals surface area contributed by atoms with Crippen LogP contribution in [0.1, 0.15) is 11.1 Å². The second-order valence-electron chi connectivity index (χ2n) is 7.06. The van der Waals surface area contributed by atoms with E-state index in [4.69, 9.17) is 47.0 Å². The summed E-state index contributed by atoms with van der Waals surface area (Å²) in [5.74, 6) is -0.314. The van der Waals surface area contributed by atoms with E-state index in [-0.39, 0.29) is 17.4 Å². The van der Waals surface area contributed by atoms with Crippen LogP contribution in [-0.4, -0.2) is 21.0 Å². The molecular formula is C22H18Br2Cl3N3OS. The molecule has 0 aliphatic heterocycles. The summed E-state index contributed by atoms with van der Waals surface area (Å²) in [5, 5.41) is 10.9. The molecule has 0 aliphatic rings. The van der Waals surface area contributed by atoms with Gasteiger partial charge in [-0.25, -0.2) is 0 Å². The minimum atomic E-state index is -1.85. The number of amides is 1. The topological polar surface area (TPSA) is 53.2 Å². The molecule has 0 spiro atoms. The van der Waals surface area contributed by atoms with Gasteiger partial charge in [0.25, 0.3) is 0 Å². The molecule has 0 fully saturated rings. The van der Waals surface area contributed by atoms with Gasteiger partial charge in [-0.05, 0) is 85.0 Å².